The summed E-state index contributed by atoms with van der Waals surface area (Å²) >= 11 is 0. The maximum Gasteiger partial charge on any atom is 0.171 e. The van der Waals surface area contributed by atoms with Crippen molar-refractivity contribution in [2.24, 2.45) is 0 Å². The molecule has 250 valence electrons. The van der Waals surface area contributed by atoms with Crippen molar-refractivity contribution in [2.45, 2.75) is 0 Å². The van der Waals surface area contributed by atoms with E-state index in [2.05, 4.69) is 103 Å². The number of hydrogen-bond acceptors (Lipinski definition) is 3. The summed E-state index contributed by atoms with van der Waals surface area (Å²) in [6, 6.07) is 66.0. The van der Waals surface area contributed by atoms with Gasteiger partial charge in [0.1, 0.15) is 11.2 Å². The van der Waals surface area contributed by atoms with Gasteiger partial charge in [0.15, 0.2) is 7.14 Å². The minimum absolute atomic E-state index is 0.816. The second-order valence-corrected chi connectivity index (χ2v) is 16.2. The minimum Gasteiger partial charge on any atom is -0.456 e. The fourth-order valence-corrected chi connectivity index (χ4v) is 10.4. The van der Waals surface area contributed by atoms with Crippen LogP contribution in [0.3, 0.4) is 0 Å². The Bertz CT molecular complexity index is 2960. The Kier molecular flexibility index (Phi) is 7.42. The molecule has 0 atom stereocenters. The molecule has 0 amide bonds. The molecule has 0 bridgehead atoms. The van der Waals surface area contributed by atoms with E-state index in [4.69, 9.17) is 9.40 Å². The lowest BCUT2D eigenvalue weighted by molar-refractivity contribution is 0.592. The molecule has 0 radical (unpaired) electrons. The highest BCUT2D eigenvalue weighted by Crippen LogP contribution is 2.44. The monoisotopic (exact) mass is 697 g/mol. The molecule has 8 aromatic carbocycles. The molecule has 10 rings (SSSR count). The molecule has 0 saturated carbocycles. The van der Waals surface area contributed by atoms with E-state index in [1.165, 1.54) is 0 Å². The standard InChI is InChI=1S/C49H32NO2P/c51-53(38-17-6-2-7-18-38,39-19-8-3-9-20-39)40-26-23-33(24-27-40)35-15-12-16-36(31-35)37-25-29-44-43(32-37)47-42(49(50-44)34-13-4-1-5-14-34)28-30-46-48(47)41-21-10-11-22-45(41)52-46/h1-32H. The molecule has 0 aliphatic rings. The van der Waals surface area contributed by atoms with Crippen LogP contribution in [-0.4, -0.2) is 4.98 Å². The van der Waals surface area contributed by atoms with Crippen LogP contribution in [0, 0.1) is 0 Å². The smallest absolute Gasteiger partial charge is 0.171 e. The van der Waals surface area contributed by atoms with Crippen LogP contribution in [0.4, 0.5) is 0 Å². The molecular weight excluding hydrogens is 666 g/mol. The number of hydrogen-bond donors (Lipinski definition) is 0. The zero-order valence-electron chi connectivity index (χ0n) is 28.7. The number of benzene rings is 8. The molecule has 0 fully saturated rings. The van der Waals surface area contributed by atoms with Crippen molar-refractivity contribution in [1.29, 1.82) is 0 Å². The third-order valence-corrected chi connectivity index (χ3v) is 13.4. The van der Waals surface area contributed by atoms with Crippen molar-refractivity contribution in [3.8, 4) is 33.5 Å². The Labute approximate surface area is 307 Å². The lowest BCUT2D eigenvalue weighted by Gasteiger charge is -2.20. The summed E-state index contributed by atoms with van der Waals surface area (Å²) in [6.45, 7) is 0. The maximum atomic E-state index is 14.9. The van der Waals surface area contributed by atoms with Gasteiger partial charge in [-0.25, -0.2) is 4.98 Å². The number of rotatable bonds is 6. The van der Waals surface area contributed by atoms with Crippen molar-refractivity contribution < 1.29 is 8.98 Å². The number of furan rings is 1. The Morgan fingerprint density at radius 2 is 0.943 bits per heavy atom. The van der Waals surface area contributed by atoms with Gasteiger partial charge in [0.05, 0.1) is 11.2 Å². The average Bonchev–Trinajstić information content (AvgIpc) is 3.63. The molecule has 4 heteroatoms. The van der Waals surface area contributed by atoms with E-state index >= 15 is 0 Å². The van der Waals surface area contributed by atoms with Crippen LogP contribution in [0.5, 0.6) is 0 Å². The van der Waals surface area contributed by atoms with Crippen molar-refractivity contribution in [3.05, 3.63) is 194 Å². The first kappa shape index (κ1) is 31.2. The SMILES string of the molecule is O=P(c1ccccc1)(c1ccccc1)c1ccc(-c2cccc(-c3ccc4nc(-c5ccccc5)c5ccc6oc7ccccc7c6c5c4c3)c2)cc1. The van der Waals surface area contributed by atoms with Gasteiger partial charge < -0.3 is 8.98 Å². The van der Waals surface area contributed by atoms with E-state index in [-0.39, 0.29) is 0 Å². The summed E-state index contributed by atoms with van der Waals surface area (Å²) < 4.78 is 21.3. The molecule has 0 aliphatic heterocycles. The molecule has 0 spiro atoms. The predicted molar refractivity (Wildman–Crippen MR) is 222 cm³/mol. The first-order chi connectivity index (χ1) is 26.1. The summed E-state index contributed by atoms with van der Waals surface area (Å²) in [5.74, 6) is 0. The molecule has 0 N–H and O–H groups in total. The molecule has 0 unspecified atom stereocenters. The normalized spacial score (nSPS) is 11.8. The van der Waals surface area contributed by atoms with Crippen molar-refractivity contribution in [1.82, 2.24) is 4.98 Å². The average molecular weight is 698 g/mol. The summed E-state index contributed by atoms with van der Waals surface area (Å²) in [7, 11) is -3.05. The van der Waals surface area contributed by atoms with Gasteiger partial charge in [0.2, 0.25) is 0 Å². The van der Waals surface area contributed by atoms with Crippen molar-refractivity contribution in [3.63, 3.8) is 0 Å². The first-order valence-electron chi connectivity index (χ1n) is 17.8. The predicted octanol–water partition coefficient (Wildman–Crippen LogP) is 11.9. The number of para-hydroxylation sites is 1. The summed E-state index contributed by atoms with van der Waals surface area (Å²) in [5, 5.41) is 8.00. The van der Waals surface area contributed by atoms with Crippen LogP contribution < -0.4 is 15.9 Å². The third kappa shape index (κ3) is 5.20. The van der Waals surface area contributed by atoms with E-state index < -0.39 is 7.14 Å². The Hall–Kier alpha value is -6.54. The van der Waals surface area contributed by atoms with E-state index in [9.17, 15) is 4.57 Å². The number of nitrogens with zero attached hydrogens (tertiary/aromatic N) is 1. The van der Waals surface area contributed by atoms with E-state index in [1.54, 1.807) is 0 Å². The van der Waals surface area contributed by atoms with Crippen LogP contribution in [0.1, 0.15) is 0 Å². The number of aromatic nitrogens is 1. The van der Waals surface area contributed by atoms with Crippen molar-refractivity contribution >= 4 is 66.7 Å². The van der Waals surface area contributed by atoms with Gasteiger partial charge in [0.25, 0.3) is 0 Å². The van der Waals surface area contributed by atoms with Gasteiger partial charge in [-0.1, -0.05) is 158 Å². The number of pyridine rings is 1. The van der Waals surface area contributed by atoms with E-state index in [0.29, 0.717) is 0 Å². The highest BCUT2D eigenvalue weighted by atomic mass is 31.2. The van der Waals surface area contributed by atoms with Gasteiger partial charge in [-0.2, -0.15) is 0 Å². The molecule has 2 aromatic heterocycles. The largest absolute Gasteiger partial charge is 0.456 e. The Morgan fingerprint density at radius 1 is 0.377 bits per heavy atom. The quantitative estimate of drug-likeness (QED) is 0.128. The Balaban J connectivity index is 1.10. The lowest BCUT2D eigenvalue weighted by atomic mass is 9.93. The van der Waals surface area contributed by atoms with Gasteiger partial charge >= 0.3 is 0 Å². The molecule has 3 nitrogen and oxygen atoms in total. The van der Waals surface area contributed by atoms with Crippen LogP contribution >= 0.6 is 7.14 Å². The van der Waals surface area contributed by atoms with Crippen LogP contribution in [-0.2, 0) is 4.57 Å². The summed E-state index contributed by atoms with van der Waals surface area (Å²) in [6.07, 6.45) is 0. The number of fused-ring (bicyclic) bond motifs is 7. The van der Waals surface area contributed by atoms with E-state index in [1.807, 2.05) is 91.0 Å². The highest BCUT2D eigenvalue weighted by Gasteiger charge is 2.29. The van der Waals surface area contributed by atoms with Gasteiger partial charge in [-0.15, -0.1) is 0 Å². The second kappa shape index (κ2) is 12.6. The fourth-order valence-electron chi connectivity index (χ4n) is 7.77. The van der Waals surface area contributed by atoms with Crippen LogP contribution in [0.2, 0.25) is 0 Å². The molecule has 53 heavy (non-hydrogen) atoms. The zero-order chi connectivity index (χ0) is 35.4. The van der Waals surface area contributed by atoms with Crippen molar-refractivity contribution in [2.75, 3.05) is 0 Å². The second-order valence-electron chi connectivity index (χ2n) is 13.4. The van der Waals surface area contributed by atoms with Gasteiger partial charge in [-0.3, -0.25) is 0 Å². The summed E-state index contributed by atoms with van der Waals surface area (Å²) in [5.41, 5.74) is 9.09. The van der Waals surface area contributed by atoms with Gasteiger partial charge in [0, 0.05) is 48.4 Å². The third-order valence-electron chi connectivity index (χ3n) is 10.3. The Morgan fingerprint density at radius 3 is 1.66 bits per heavy atom. The molecule has 2 heterocycles. The molecule has 0 saturated heterocycles. The van der Waals surface area contributed by atoms with E-state index in [0.717, 1.165) is 93.0 Å². The van der Waals surface area contributed by atoms with Crippen LogP contribution in [0.25, 0.3) is 77.1 Å². The summed E-state index contributed by atoms with van der Waals surface area (Å²) in [4.78, 5) is 5.26. The molecular formula is C49H32NO2P. The zero-order valence-corrected chi connectivity index (χ0v) is 29.6. The maximum absolute atomic E-state index is 14.9. The lowest BCUT2D eigenvalue weighted by Crippen LogP contribution is -2.24. The molecule has 10 aromatic rings. The minimum atomic E-state index is -3.05. The fraction of sp³-hybridized carbons (Fsp3) is 0. The van der Waals surface area contributed by atoms with Crippen LogP contribution in [0.15, 0.2) is 199 Å². The molecule has 0 aliphatic carbocycles. The topological polar surface area (TPSA) is 43.1 Å². The highest BCUT2D eigenvalue weighted by molar-refractivity contribution is 7.85. The first-order valence-corrected chi connectivity index (χ1v) is 19.5. The van der Waals surface area contributed by atoms with Gasteiger partial charge in [-0.05, 0) is 58.7 Å².